The summed E-state index contributed by atoms with van der Waals surface area (Å²) >= 11 is 0. The molecule has 1 unspecified atom stereocenters. The molecule has 0 aliphatic heterocycles. The Bertz CT molecular complexity index is 938. The van der Waals surface area contributed by atoms with E-state index in [4.69, 9.17) is 0 Å². The van der Waals surface area contributed by atoms with E-state index in [2.05, 4.69) is 15.2 Å². The zero-order valence-electron chi connectivity index (χ0n) is 16.1. The van der Waals surface area contributed by atoms with Gasteiger partial charge in [-0.15, -0.1) is 0 Å². The van der Waals surface area contributed by atoms with Crippen LogP contribution in [-0.2, 0) is 14.8 Å². The number of nitrogens with zero attached hydrogens (tertiary/aromatic N) is 1. The lowest BCUT2D eigenvalue weighted by Gasteiger charge is -2.19. The van der Waals surface area contributed by atoms with Crippen LogP contribution in [-0.4, -0.2) is 31.7 Å². The number of hydrogen-bond acceptors (Lipinski definition) is 5. The van der Waals surface area contributed by atoms with Crippen LogP contribution in [0.15, 0.2) is 58.5 Å². The second-order valence-electron chi connectivity index (χ2n) is 6.95. The Morgan fingerprint density at radius 1 is 1.18 bits per heavy atom. The van der Waals surface area contributed by atoms with Crippen molar-refractivity contribution < 1.29 is 18.3 Å². The largest absolute Gasteiger partial charge is 0.508 e. The smallest absolute Gasteiger partial charge is 0.258 e. The first-order valence-corrected chi connectivity index (χ1v) is 10.4. The van der Waals surface area contributed by atoms with Crippen molar-refractivity contribution in [2.75, 3.05) is 0 Å². The van der Waals surface area contributed by atoms with E-state index in [-0.39, 0.29) is 16.6 Å². The Hall–Kier alpha value is -2.71. The normalized spacial score (nSPS) is 13.0. The van der Waals surface area contributed by atoms with E-state index in [9.17, 15) is 18.3 Å². The van der Waals surface area contributed by atoms with Gasteiger partial charge in [-0.2, -0.15) is 9.82 Å². The number of carbonyl (C=O) groups excluding carboxylic acids is 1. The molecule has 1 atom stereocenters. The highest BCUT2D eigenvalue weighted by molar-refractivity contribution is 7.89. The van der Waals surface area contributed by atoms with E-state index in [0.717, 1.165) is 5.56 Å². The van der Waals surface area contributed by atoms with E-state index < -0.39 is 22.0 Å². The van der Waals surface area contributed by atoms with E-state index in [0.29, 0.717) is 12.0 Å². The monoisotopic (exact) mass is 403 g/mol. The molecule has 0 heterocycles. The minimum atomic E-state index is -3.85. The van der Waals surface area contributed by atoms with Crippen LogP contribution in [0.25, 0.3) is 0 Å². The summed E-state index contributed by atoms with van der Waals surface area (Å²) < 4.78 is 27.7. The van der Waals surface area contributed by atoms with Crippen LogP contribution in [0.4, 0.5) is 0 Å². The Morgan fingerprint density at radius 3 is 2.46 bits per heavy atom. The molecule has 0 radical (unpaired) electrons. The van der Waals surface area contributed by atoms with Crippen molar-refractivity contribution in [1.29, 1.82) is 0 Å². The maximum absolute atomic E-state index is 12.6. The number of amides is 1. The van der Waals surface area contributed by atoms with Gasteiger partial charge in [0.1, 0.15) is 11.8 Å². The quantitative estimate of drug-likeness (QED) is 0.465. The third-order valence-corrected chi connectivity index (χ3v) is 5.40. The first-order chi connectivity index (χ1) is 13.2. The number of nitrogens with one attached hydrogen (secondary N) is 2. The van der Waals surface area contributed by atoms with Crippen LogP contribution < -0.4 is 10.1 Å². The van der Waals surface area contributed by atoms with Gasteiger partial charge in [0.25, 0.3) is 5.91 Å². The van der Waals surface area contributed by atoms with Crippen LogP contribution >= 0.6 is 0 Å². The van der Waals surface area contributed by atoms with Gasteiger partial charge in [-0.05, 0) is 49.1 Å². The third-order valence-electron chi connectivity index (χ3n) is 3.91. The molecule has 0 saturated carbocycles. The molecule has 28 heavy (non-hydrogen) atoms. The average Bonchev–Trinajstić information content (AvgIpc) is 2.61. The molecule has 2 aromatic carbocycles. The number of sulfonamides is 1. The molecule has 3 N–H and O–H groups in total. The highest BCUT2D eigenvalue weighted by atomic mass is 32.2. The molecule has 7 nitrogen and oxygen atoms in total. The average molecular weight is 404 g/mol. The number of aromatic hydroxyl groups is 1. The van der Waals surface area contributed by atoms with Crippen molar-refractivity contribution in [3.8, 4) is 5.75 Å². The van der Waals surface area contributed by atoms with Gasteiger partial charge >= 0.3 is 0 Å². The summed E-state index contributed by atoms with van der Waals surface area (Å²) in [4.78, 5) is 12.6. The van der Waals surface area contributed by atoms with Crippen molar-refractivity contribution in [2.24, 2.45) is 11.0 Å². The van der Waals surface area contributed by atoms with Crippen molar-refractivity contribution in [3.05, 3.63) is 59.7 Å². The molecule has 2 aromatic rings. The fraction of sp³-hybridized carbons (Fsp3) is 0.300. The fourth-order valence-corrected chi connectivity index (χ4v) is 3.71. The molecule has 0 spiro atoms. The van der Waals surface area contributed by atoms with Crippen molar-refractivity contribution in [1.82, 2.24) is 10.1 Å². The summed E-state index contributed by atoms with van der Waals surface area (Å²) in [6, 6.07) is 11.8. The second-order valence-corrected chi connectivity index (χ2v) is 8.66. The molecule has 0 aliphatic rings. The standard InChI is InChI=1S/C20H25N3O4S/c1-14(2)11-19(23-28(26,27)18-9-7-15(3)8-10-18)20(25)22-21-13-16-5-4-6-17(24)12-16/h4-10,12-14,19,23-24H,11H2,1-3H3,(H,22,25)/b21-13+. The lowest BCUT2D eigenvalue weighted by Crippen LogP contribution is -2.46. The number of phenols is 1. The minimum Gasteiger partial charge on any atom is -0.508 e. The Balaban J connectivity index is 2.11. The Kier molecular flexibility index (Phi) is 7.31. The molecular formula is C20H25N3O4S. The van der Waals surface area contributed by atoms with Crippen LogP contribution in [0.5, 0.6) is 5.75 Å². The van der Waals surface area contributed by atoms with E-state index >= 15 is 0 Å². The first kappa shape index (κ1) is 21.6. The van der Waals surface area contributed by atoms with Gasteiger partial charge in [0.2, 0.25) is 10.0 Å². The van der Waals surface area contributed by atoms with Crippen LogP contribution in [0.1, 0.15) is 31.4 Å². The zero-order valence-corrected chi connectivity index (χ0v) is 16.9. The topological polar surface area (TPSA) is 108 Å². The van der Waals surface area contributed by atoms with Gasteiger partial charge in [-0.3, -0.25) is 4.79 Å². The maximum Gasteiger partial charge on any atom is 0.258 e. The highest BCUT2D eigenvalue weighted by Crippen LogP contribution is 2.13. The first-order valence-electron chi connectivity index (χ1n) is 8.88. The molecule has 1 amide bonds. The maximum atomic E-state index is 12.6. The predicted molar refractivity (Wildman–Crippen MR) is 109 cm³/mol. The molecule has 0 aliphatic carbocycles. The number of benzene rings is 2. The number of carbonyl (C=O) groups is 1. The van der Waals surface area contributed by atoms with Crippen molar-refractivity contribution >= 4 is 22.1 Å². The Labute approximate surface area is 165 Å². The summed E-state index contributed by atoms with van der Waals surface area (Å²) in [5.41, 5.74) is 3.90. The molecule has 0 saturated heterocycles. The summed E-state index contributed by atoms with van der Waals surface area (Å²) in [5.74, 6) is -0.383. The van der Waals surface area contributed by atoms with Crippen LogP contribution in [0.2, 0.25) is 0 Å². The number of hydrogen-bond donors (Lipinski definition) is 3. The van der Waals surface area contributed by atoms with E-state index in [1.807, 2.05) is 20.8 Å². The fourth-order valence-electron chi connectivity index (χ4n) is 2.51. The van der Waals surface area contributed by atoms with Gasteiger partial charge in [0.05, 0.1) is 11.1 Å². The molecule has 0 aromatic heterocycles. The Morgan fingerprint density at radius 2 is 1.86 bits per heavy atom. The molecule has 0 bridgehead atoms. The number of phenolic OH excluding ortho intramolecular Hbond substituents is 1. The third kappa shape index (κ3) is 6.47. The van der Waals surface area contributed by atoms with Gasteiger partial charge < -0.3 is 5.11 Å². The second kappa shape index (κ2) is 9.48. The molecule has 0 fully saturated rings. The molecule has 2 rings (SSSR count). The zero-order chi connectivity index (χ0) is 20.7. The summed E-state index contributed by atoms with van der Waals surface area (Å²) in [6.45, 7) is 5.66. The predicted octanol–water partition coefficient (Wildman–Crippen LogP) is 2.54. The summed E-state index contributed by atoms with van der Waals surface area (Å²) in [7, 11) is -3.85. The van der Waals surface area contributed by atoms with Crippen LogP contribution in [0, 0.1) is 12.8 Å². The summed E-state index contributed by atoms with van der Waals surface area (Å²) in [6.07, 6.45) is 1.69. The highest BCUT2D eigenvalue weighted by Gasteiger charge is 2.26. The van der Waals surface area contributed by atoms with E-state index in [1.165, 1.54) is 30.5 Å². The lowest BCUT2D eigenvalue weighted by molar-refractivity contribution is -0.123. The molecule has 150 valence electrons. The van der Waals surface area contributed by atoms with E-state index in [1.54, 1.807) is 24.3 Å². The molecule has 8 heteroatoms. The van der Waals surface area contributed by atoms with Crippen molar-refractivity contribution in [3.63, 3.8) is 0 Å². The van der Waals surface area contributed by atoms with Crippen LogP contribution in [0.3, 0.4) is 0 Å². The lowest BCUT2D eigenvalue weighted by atomic mass is 10.0. The number of aryl methyl sites for hydroxylation is 1. The van der Waals surface area contributed by atoms with Gasteiger partial charge in [-0.25, -0.2) is 13.8 Å². The number of rotatable bonds is 8. The van der Waals surface area contributed by atoms with Gasteiger partial charge in [-0.1, -0.05) is 43.7 Å². The SMILES string of the molecule is Cc1ccc(S(=O)(=O)NC(CC(C)C)C(=O)N/N=C/c2cccc(O)c2)cc1. The molecular weight excluding hydrogens is 378 g/mol. The summed E-state index contributed by atoms with van der Waals surface area (Å²) in [5, 5.41) is 13.3. The number of hydrazone groups is 1. The van der Waals surface area contributed by atoms with Gasteiger partial charge in [0.15, 0.2) is 0 Å². The van der Waals surface area contributed by atoms with Gasteiger partial charge in [0, 0.05) is 0 Å². The van der Waals surface area contributed by atoms with Crippen molar-refractivity contribution in [2.45, 2.75) is 38.1 Å². The minimum absolute atomic E-state index is 0.0822.